The van der Waals surface area contributed by atoms with Gasteiger partial charge in [-0.1, -0.05) is 44.7 Å². The maximum absolute atomic E-state index is 13.4. The highest BCUT2D eigenvalue weighted by Gasteiger charge is 2.45. The van der Waals surface area contributed by atoms with Gasteiger partial charge >= 0.3 is 5.97 Å². The summed E-state index contributed by atoms with van der Waals surface area (Å²) < 4.78 is 13.4. The summed E-state index contributed by atoms with van der Waals surface area (Å²) in [4.78, 5) is 11.4. The van der Waals surface area contributed by atoms with E-state index in [1.807, 2.05) is 12.1 Å². The van der Waals surface area contributed by atoms with E-state index in [-0.39, 0.29) is 17.2 Å². The molecule has 1 aromatic rings. The molecule has 0 aromatic heterocycles. The van der Waals surface area contributed by atoms with Crippen LogP contribution in [0.4, 0.5) is 4.39 Å². The van der Waals surface area contributed by atoms with Gasteiger partial charge < -0.3 is 5.11 Å². The number of carboxylic acids is 1. The van der Waals surface area contributed by atoms with Crippen LogP contribution < -0.4 is 0 Å². The van der Waals surface area contributed by atoms with E-state index in [2.05, 4.69) is 6.92 Å². The predicted octanol–water partition coefficient (Wildman–Crippen LogP) is 5.94. The zero-order valence-electron chi connectivity index (χ0n) is 15.3. The van der Waals surface area contributed by atoms with Crippen molar-refractivity contribution in [2.45, 2.75) is 76.5 Å². The normalized spacial score (nSPS) is 33.1. The third kappa shape index (κ3) is 3.91. The average Bonchev–Trinajstić information content (AvgIpc) is 2.63. The van der Waals surface area contributed by atoms with Crippen LogP contribution in [0.3, 0.4) is 0 Å². The van der Waals surface area contributed by atoms with E-state index in [1.54, 1.807) is 12.1 Å². The number of rotatable bonds is 5. The summed E-state index contributed by atoms with van der Waals surface area (Å²) >= 11 is 0. The fraction of sp³-hybridized carbons (Fsp3) is 0.682. The van der Waals surface area contributed by atoms with Gasteiger partial charge in [0.25, 0.3) is 0 Å². The lowest BCUT2D eigenvalue weighted by Gasteiger charge is -2.48. The first kappa shape index (κ1) is 18.4. The summed E-state index contributed by atoms with van der Waals surface area (Å²) in [6.45, 7) is 2.26. The molecule has 0 heterocycles. The van der Waals surface area contributed by atoms with Gasteiger partial charge in [-0.25, -0.2) is 4.39 Å². The standard InChI is InChI=1S/C22H31FO2/c1-2-3-16-4-6-18(7-5-16)22(19-8-10-20(23)11-9-19)14-12-17(13-15-22)21(24)25/h8-11,16-18H,2-7,12-15H2,1H3,(H,24,25). The highest BCUT2D eigenvalue weighted by Crippen LogP contribution is 2.52. The Morgan fingerprint density at radius 2 is 1.68 bits per heavy atom. The molecular weight excluding hydrogens is 315 g/mol. The Labute approximate surface area is 150 Å². The van der Waals surface area contributed by atoms with Crippen molar-refractivity contribution in [2.75, 3.05) is 0 Å². The van der Waals surface area contributed by atoms with Crippen molar-refractivity contribution in [1.82, 2.24) is 0 Å². The lowest BCUT2D eigenvalue weighted by atomic mass is 9.56. The van der Waals surface area contributed by atoms with Gasteiger partial charge in [-0.2, -0.15) is 0 Å². The fourth-order valence-electron chi connectivity index (χ4n) is 5.51. The molecule has 1 aromatic carbocycles. The molecule has 2 fully saturated rings. The van der Waals surface area contributed by atoms with Crippen molar-refractivity contribution in [3.63, 3.8) is 0 Å². The first-order valence-corrected chi connectivity index (χ1v) is 10.0. The lowest BCUT2D eigenvalue weighted by Crippen LogP contribution is -2.42. The fourth-order valence-corrected chi connectivity index (χ4v) is 5.51. The quantitative estimate of drug-likeness (QED) is 0.716. The van der Waals surface area contributed by atoms with Gasteiger partial charge in [-0.3, -0.25) is 4.79 Å². The Kier molecular flexibility index (Phi) is 5.81. The first-order chi connectivity index (χ1) is 12.0. The minimum absolute atomic E-state index is 0.0524. The average molecular weight is 346 g/mol. The Bertz CT molecular complexity index is 564. The van der Waals surface area contributed by atoms with Gasteiger partial charge in [-0.15, -0.1) is 0 Å². The smallest absolute Gasteiger partial charge is 0.306 e. The molecule has 3 rings (SSSR count). The number of carboxylic acid groups (broad SMARTS) is 1. The largest absolute Gasteiger partial charge is 0.481 e. The van der Waals surface area contributed by atoms with E-state index in [4.69, 9.17) is 0 Å². The van der Waals surface area contributed by atoms with Crippen molar-refractivity contribution < 1.29 is 14.3 Å². The van der Waals surface area contributed by atoms with E-state index in [9.17, 15) is 14.3 Å². The van der Waals surface area contributed by atoms with Crippen LogP contribution in [0, 0.1) is 23.6 Å². The predicted molar refractivity (Wildman–Crippen MR) is 98.0 cm³/mol. The second kappa shape index (κ2) is 7.88. The van der Waals surface area contributed by atoms with Crippen molar-refractivity contribution >= 4 is 5.97 Å². The molecule has 2 aliphatic rings. The van der Waals surface area contributed by atoms with Gasteiger partial charge in [0.1, 0.15) is 5.82 Å². The summed E-state index contributed by atoms with van der Waals surface area (Å²) in [6, 6.07) is 7.05. The zero-order valence-corrected chi connectivity index (χ0v) is 15.3. The summed E-state index contributed by atoms with van der Waals surface area (Å²) in [6.07, 6.45) is 11.0. The molecule has 0 bridgehead atoms. The van der Waals surface area contributed by atoms with Crippen LogP contribution in [0.1, 0.15) is 76.7 Å². The number of hydrogen-bond donors (Lipinski definition) is 1. The summed E-state index contributed by atoms with van der Waals surface area (Å²) in [7, 11) is 0. The SMILES string of the molecule is CCCC1CCC(C2(c3ccc(F)cc3)CCC(C(=O)O)CC2)CC1. The van der Waals surface area contributed by atoms with Crippen LogP contribution in [0.5, 0.6) is 0 Å². The highest BCUT2D eigenvalue weighted by atomic mass is 19.1. The Morgan fingerprint density at radius 3 is 2.20 bits per heavy atom. The van der Waals surface area contributed by atoms with Gasteiger partial charge in [0, 0.05) is 0 Å². The van der Waals surface area contributed by atoms with Gasteiger partial charge in [-0.05, 0) is 73.5 Å². The molecule has 0 amide bonds. The second-order valence-corrected chi connectivity index (χ2v) is 8.28. The highest BCUT2D eigenvalue weighted by molar-refractivity contribution is 5.70. The van der Waals surface area contributed by atoms with Crippen LogP contribution in [0.2, 0.25) is 0 Å². The second-order valence-electron chi connectivity index (χ2n) is 8.28. The van der Waals surface area contributed by atoms with Crippen molar-refractivity contribution in [3.05, 3.63) is 35.6 Å². The van der Waals surface area contributed by atoms with E-state index in [0.29, 0.717) is 5.92 Å². The summed E-state index contributed by atoms with van der Waals surface area (Å²) in [5.74, 6) is 0.428. The van der Waals surface area contributed by atoms with E-state index >= 15 is 0 Å². The van der Waals surface area contributed by atoms with E-state index in [0.717, 1.165) is 31.6 Å². The zero-order chi connectivity index (χ0) is 17.9. The minimum atomic E-state index is -0.653. The Hall–Kier alpha value is -1.38. The third-order valence-corrected chi connectivity index (χ3v) is 6.97. The van der Waals surface area contributed by atoms with E-state index in [1.165, 1.54) is 44.1 Å². The Morgan fingerprint density at radius 1 is 1.08 bits per heavy atom. The molecule has 2 saturated carbocycles. The van der Waals surface area contributed by atoms with Gasteiger partial charge in [0.05, 0.1) is 5.92 Å². The molecule has 138 valence electrons. The lowest BCUT2D eigenvalue weighted by molar-refractivity contribution is -0.143. The molecule has 3 heteroatoms. The van der Waals surface area contributed by atoms with Crippen molar-refractivity contribution in [1.29, 1.82) is 0 Å². The van der Waals surface area contributed by atoms with Crippen LogP contribution in [0.15, 0.2) is 24.3 Å². The molecule has 1 N–H and O–H groups in total. The van der Waals surface area contributed by atoms with Crippen molar-refractivity contribution in [2.24, 2.45) is 17.8 Å². The molecular formula is C22H31FO2. The third-order valence-electron chi connectivity index (χ3n) is 6.97. The van der Waals surface area contributed by atoms with Crippen LogP contribution >= 0.6 is 0 Å². The molecule has 0 atom stereocenters. The molecule has 2 aliphatic carbocycles. The Balaban J connectivity index is 1.81. The molecule has 0 unspecified atom stereocenters. The molecule has 25 heavy (non-hydrogen) atoms. The van der Waals surface area contributed by atoms with Crippen LogP contribution in [0.25, 0.3) is 0 Å². The molecule has 0 aliphatic heterocycles. The minimum Gasteiger partial charge on any atom is -0.481 e. The monoisotopic (exact) mass is 346 g/mol. The number of halogens is 1. The topological polar surface area (TPSA) is 37.3 Å². The van der Waals surface area contributed by atoms with Gasteiger partial charge in [0.15, 0.2) is 0 Å². The number of benzene rings is 1. The maximum atomic E-state index is 13.4. The molecule has 0 radical (unpaired) electrons. The first-order valence-electron chi connectivity index (χ1n) is 10.0. The van der Waals surface area contributed by atoms with Crippen molar-refractivity contribution in [3.8, 4) is 0 Å². The molecule has 2 nitrogen and oxygen atoms in total. The van der Waals surface area contributed by atoms with Crippen LogP contribution in [-0.2, 0) is 10.2 Å². The molecule has 0 saturated heterocycles. The maximum Gasteiger partial charge on any atom is 0.306 e. The summed E-state index contributed by atoms with van der Waals surface area (Å²) in [5.41, 5.74) is 1.29. The molecule has 0 spiro atoms. The summed E-state index contributed by atoms with van der Waals surface area (Å²) in [5, 5.41) is 9.37. The number of hydrogen-bond acceptors (Lipinski definition) is 1. The van der Waals surface area contributed by atoms with Gasteiger partial charge in [0.2, 0.25) is 0 Å². The van der Waals surface area contributed by atoms with E-state index < -0.39 is 5.97 Å². The number of aliphatic carboxylic acids is 1. The number of carbonyl (C=O) groups is 1. The van der Waals surface area contributed by atoms with Crippen LogP contribution in [-0.4, -0.2) is 11.1 Å².